The molecule has 114 valence electrons. The van der Waals surface area contributed by atoms with Gasteiger partial charge in [-0.3, -0.25) is 9.59 Å². The summed E-state index contributed by atoms with van der Waals surface area (Å²) in [6.07, 6.45) is 0.605. The van der Waals surface area contributed by atoms with E-state index in [1.807, 2.05) is 7.05 Å². The zero-order valence-electron chi connectivity index (χ0n) is 11.6. The van der Waals surface area contributed by atoms with Crippen molar-refractivity contribution in [1.29, 1.82) is 0 Å². The molecule has 1 aromatic carbocycles. The Morgan fingerprint density at radius 1 is 1.29 bits per heavy atom. The van der Waals surface area contributed by atoms with Crippen LogP contribution in [0, 0.1) is 0 Å². The minimum Gasteiger partial charge on any atom is -0.481 e. The number of amides is 1. The number of hydrogen-bond donors (Lipinski definition) is 0. The van der Waals surface area contributed by atoms with E-state index in [2.05, 4.69) is 4.90 Å². The minimum absolute atomic E-state index is 0.119. The summed E-state index contributed by atoms with van der Waals surface area (Å²) in [5, 5.41) is 0.565. The number of ether oxygens (including phenoxy) is 1. The summed E-state index contributed by atoms with van der Waals surface area (Å²) in [6.45, 7) is 2.88. The summed E-state index contributed by atoms with van der Waals surface area (Å²) in [5.41, 5.74) is 0.235. The number of aldehydes is 1. The highest BCUT2D eigenvalue weighted by Gasteiger charge is 2.20. The molecule has 0 saturated carbocycles. The van der Waals surface area contributed by atoms with Crippen LogP contribution in [0.25, 0.3) is 0 Å². The molecule has 0 atom stereocenters. The molecule has 0 spiro atoms. The van der Waals surface area contributed by atoms with Gasteiger partial charge in [0.2, 0.25) is 0 Å². The topological polar surface area (TPSA) is 49.9 Å². The number of halogens is 2. The van der Waals surface area contributed by atoms with Crippen molar-refractivity contribution in [3.8, 4) is 5.75 Å². The van der Waals surface area contributed by atoms with Crippen LogP contribution in [0.3, 0.4) is 0 Å². The number of benzene rings is 1. The second kappa shape index (κ2) is 7.11. The smallest absolute Gasteiger partial charge is 0.260 e. The SMILES string of the molecule is CN1CCN(C(=O)COc2c(Cl)cc(Cl)cc2C=O)CC1. The van der Waals surface area contributed by atoms with Gasteiger partial charge in [-0.1, -0.05) is 23.2 Å². The number of nitrogens with zero attached hydrogens (tertiary/aromatic N) is 2. The van der Waals surface area contributed by atoms with E-state index in [1.165, 1.54) is 12.1 Å². The molecule has 0 aromatic heterocycles. The summed E-state index contributed by atoms with van der Waals surface area (Å²) in [7, 11) is 2.02. The van der Waals surface area contributed by atoms with Gasteiger partial charge in [0.1, 0.15) is 5.75 Å². The maximum absolute atomic E-state index is 12.1. The zero-order chi connectivity index (χ0) is 15.4. The Kier molecular flexibility index (Phi) is 5.45. The first-order valence-corrected chi connectivity index (χ1v) is 7.30. The second-order valence-electron chi connectivity index (χ2n) is 4.90. The summed E-state index contributed by atoms with van der Waals surface area (Å²) in [4.78, 5) is 27.0. The van der Waals surface area contributed by atoms with Crippen molar-refractivity contribution in [1.82, 2.24) is 9.80 Å². The van der Waals surface area contributed by atoms with E-state index < -0.39 is 0 Å². The van der Waals surface area contributed by atoms with Crippen molar-refractivity contribution in [2.24, 2.45) is 0 Å². The average molecular weight is 331 g/mol. The third-order valence-corrected chi connectivity index (χ3v) is 3.86. The van der Waals surface area contributed by atoms with E-state index in [1.54, 1.807) is 4.90 Å². The molecule has 0 unspecified atom stereocenters. The van der Waals surface area contributed by atoms with Crippen molar-refractivity contribution >= 4 is 35.4 Å². The van der Waals surface area contributed by atoms with E-state index in [0.717, 1.165) is 13.1 Å². The molecule has 0 radical (unpaired) electrons. The molecule has 1 aliphatic heterocycles. The van der Waals surface area contributed by atoms with Gasteiger partial charge < -0.3 is 14.5 Å². The molecule has 2 rings (SSSR count). The van der Waals surface area contributed by atoms with Gasteiger partial charge in [0.15, 0.2) is 12.9 Å². The monoisotopic (exact) mass is 330 g/mol. The molecule has 1 saturated heterocycles. The summed E-state index contributed by atoms with van der Waals surface area (Å²) >= 11 is 11.8. The van der Waals surface area contributed by atoms with Crippen molar-refractivity contribution in [2.75, 3.05) is 39.8 Å². The molecule has 0 aliphatic carbocycles. The van der Waals surface area contributed by atoms with Crippen LogP contribution in [0.4, 0.5) is 0 Å². The number of likely N-dealkylation sites (N-methyl/N-ethyl adjacent to an activating group) is 1. The third-order valence-electron chi connectivity index (χ3n) is 3.36. The number of carbonyl (C=O) groups is 2. The normalized spacial score (nSPS) is 15.9. The highest BCUT2D eigenvalue weighted by Crippen LogP contribution is 2.31. The fourth-order valence-corrected chi connectivity index (χ4v) is 2.66. The Balaban J connectivity index is 2.00. The van der Waals surface area contributed by atoms with Crippen LogP contribution < -0.4 is 4.74 Å². The van der Waals surface area contributed by atoms with Crippen LogP contribution in [-0.2, 0) is 4.79 Å². The van der Waals surface area contributed by atoms with Gasteiger partial charge in [-0.2, -0.15) is 0 Å². The molecule has 1 fully saturated rings. The van der Waals surface area contributed by atoms with E-state index in [4.69, 9.17) is 27.9 Å². The molecule has 7 heteroatoms. The first kappa shape index (κ1) is 16.1. The molecule has 0 bridgehead atoms. The van der Waals surface area contributed by atoms with Crippen LogP contribution in [0.15, 0.2) is 12.1 Å². The van der Waals surface area contributed by atoms with Crippen molar-refractivity contribution in [2.45, 2.75) is 0 Å². The van der Waals surface area contributed by atoms with Gasteiger partial charge in [-0.25, -0.2) is 0 Å². The Morgan fingerprint density at radius 2 is 1.95 bits per heavy atom. The van der Waals surface area contributed by atoms with Crippen LogP contribution in [-0.4, -0.2) is 61.8 Å². The first-order chi connectivity index (χ1) is 10.0. The molecule has 1 aromatic rings. The maximum Gasteiger partial charge on any atom is 0.260 e. The molecule has 21 heavy (non-hydrogen) atoms. The molecular formula is C14H16Cl2N2O3. The Labute approximate surface area is 133 Å². The predicted molar refractivity (Wildman–Crippen MR) is 81.4 cm³/mol. The van der Waals surface area contributed by atoms with E-state index in [-0.39, 0.29) is 28.8 Å². The predicted octanol–water partition coefficient (Wildman–Crippen LogP) is 1.96. The third kappa shape index (κ3) is 4.09. The molecule has 1 heterocycles. The van der Waals surface area contributed by atoms with Crippen molar-refractivity contribution in [3.05, 3.63) is 27.7 Å². The Bertz CT molecular complexity index is 543. The number of piperazine rings is 1. The molecule has 0 N–H and O–H groups in total. The highest BCUT2D eigenvalue weighted by molar-refractivity contribution is 6.36. The summed E-state index contributed by atoms with van der Waals surface area (Å²) in [6, 6.07) is 2.93. The molecule has 1 amide bonds. The van der Waals surface area contributed by atoms with E-state index >= 15 is 0 Å². The fourth-order valence-electron chi connectivity index (χ4n) is 2.10. The largest absolute Gasteiger partial charge is 0.481 e. The van der Waals surface area contributed by atoms with Gasteiger partial charge in [-0.15, -0.1) is 0 Å². The number of rotatable bonds is 4. The lowest BCUT2D eigenvalue weighted by Crippen LogP contribution is -2.48. The Morgan fingerprint density at radius 3 is 2.57 bits per heavy atom. The number of hydrogen-bond acceptors (Lipinski definition) is 4. The van der Waals surface area contributed by atoms with Crippen LogP contribution >= 0.6 is 23.2 Å². The van der Waals surface area contributed by atoms with Gasteiger partial charge in [0, 0.05) is 31.2 Å². The lowest BCUT2D eigenvalue weighted by atomic mass is 10.2. The first-order valence-electron chi connectivity index (χ1n) is 6.54. The quantitative estimate of drug-likeness (QED) is 0.792. The van der Waals surface area contributed by atoms with Crippen molar-refractivity contribution < 1.29 is 14.3 Å². The van der Waals surface area contributed by atoms with Gasteiger partial charge in [-0.05, 0) is 19.2 Å². The fraction of sp³-hybridized carbons (Fsp3) is 0.429. The Hall–Kier alpha value is -1.30. The van der Waals surface area contributed by atoms with Crippen LogP contribution in [0.2, 0.25) is 10.0 Å². The van der Waals surface area contributed by atoms with Gasteiger partial charge in [0.05, 0.1) is 10.6 Å². The van der Waals surface area contributed by atoms with Crippen LogP contribution in [0.5, 0.6) is 5.75 Å². The second-order valence-corrected chi connectivity index (χ2v) is 5.74. The van der Waals surface area contributed by atoms with E-state index in [0.29, 0.717) is 24.4 Å². The summed E-state index contributed by atoms with van der Waals surface area (Å²) < 4.78 is 5.43. The van der Waals surface area contributed by atoms with Crippen LogP contribution in [0.1, 0.15) is 10.4 Å². The van der Waals surface area contributed by atoms with E-state index in [9.17, 15) is 9.59 Å². The average Bonchev–Trinajstić information content (AvgIpc) is 2.46. The summed E-state index contributed by atoms with van der Waals surface area (Å²) in [5.74, 6) is 0.0736. The maximum atomic E-state index is 12.1. The van der Waals surface area contributed by atoms with Gasteiger partial charge >= 0.3 is 0 Å². The number of carbonyl (C=O) groups excluding carboxylic acids is 2. The van der Waals surface area contributed by atoms with Gasteiger partial charge in [0.25, 0.3) is 5.91 Å². The van der Waals surface area contributed by atoms with Crippen molar-refractivity contribution in [3.63, 3.8) is 0 Å². The lowest BCUT2D eigenvalue weighted by molar-refractivity contribution is -0.134. The highest BCUT2D eigenvalue weighted by atomic mass is 35.5. The minimum atomic E-state index is -0.147. The molecule has 1 aliphatic rings. The zero-order valence-corrected chi connectivity index (χ0v) is 13.2. The standard InChI is InChI=1S/C14H16Cl2N2O3/c1-17-2-4-18(5-3-17)13(20)9-21-14-10(8-19)6-11(15)7-12(14)16/h6-8H,2-5,9H2,1H3. The molecular weight excluding hydrogens is 315 g/mol. The molecule has 5 nitrogen and oxygen atoms in total. The lowest BCUT2D eigenvalue weighted by Gasteiger charge is -2.32.